The Balaban J connectivity index is 1.24. The molecule has 1 saturated heterocycles. The number of nitrogens with zero attached hydrogens (tertiary/aromatic N) is 2. The number of hydrogen-bond acceptors (Lipinski definition) is 4. The zero-order valence-corrected chi connectivity index (χ0v) is 15.9. The quantitative estimate of drug-likeness (QED) is 0.835. The third-order valence-corrected chi connectivity index (χ3v) is 6.15. The first-order valence-corrected chi connectivity index (χ1v) is 10.4. The van der Waals surface area contributed by atoms with Gasteiger partial charge in [0.05, 0.1) is 5.92 Å². The summed E-state index contributed by atoms with van der Waals surface area (Å²) in [7, 11) is 0. The SMILES string of the molecule is O=C(NCc1ccc(OC2CCCC2)nc1)C1CC(=O)N(C2CCCC2)C1. The number of nitrogens with one attached hydrogen (secondary N) is 1. The summed E-state index contributed by atoms with van der Waals surface area (Å²) in [4.78, 5) is 31.0. The number of pyridine rings is 1. The average molecular weight is 371 g/mol. The van der Waals surface area contributed by atoms with E-state index in [0.29, 0.717) is 37.5 Å². The summed E-state index contributed by atoms with van der Waals surface area (Å²) in [6, 6.07) is 4.18. The van der Waals surface area contributed by atoms with Crippen LogP contribution in [0.25, 0.3) is 0 Å². The molecule has 2 amide bonds. The van der Waals surface area contributed by atoms with Gasteiger partial charge in [0.1, 0.15) is 6.10 Å². The molecule has 0 aromatic carbocycles. The molecule has 1 atom stereocenters. The van der Waals surface area contributed by atoms with Gasteiger partial charge in [-0.15, -0.1) is 0 Å². The molecule has 6 nitrogen and oxygen atoms in total. The van der Waals surface area contributed by atoms with E-state index in [1.807, 2.05) is 17.0 Å². The van der Waals surface area contributed by atoms with Crippen LogP contribution in [-0.2, 0) is 16.1 Å². The van der Waals surface area contributed by atoms with Gasteiger partial charge in [0.2, 0.25) is 17.7 Å². The Labute approximate surface area is 160 Å². The van der Waals surface area contributed by atoms with Gasteiger partial charge in [0.25, 0.3) is 0 Å². The van der Waals surface area contributed by atoms with Crippen LogP contribution in [0.15, 0.2) is 18.3 Å². The lowest BCUT2D eigenvalue weighted by molar-refractivity contribution is -0.130. The molecule has 27 heavy (non-hydrogen) atoms. The van der Waals surface area contributed by atoms with Gasteiger partial charge in [-0.2, -0.15) is 0 Å². The van der Waals surface area contributed by atoms with Gasteiger partial charge in [-0.1, -0.05) is 18.9 Å². The highest BCUT2D eigenvalue weighted by Crippen LogP contribution is 2.29. The highest BCUT2D eigenvalue weighted by atomic mass is 16.5. The fourth-order valence-electron chi connectivity index (χ4n) is 4.57. The Hall–Kier alpha value is -2.11. The van der Waals surface area contributed by atoms with Crippen molar-refractivity contribution in [2.75, 3.05) is 6.54 Å². The maximum Gasteiger partial charge on any atom is 0.225 e. The fourth-order valence-corrected chi connectivity index (χ4v) is 4.57. The minimum Gasteiger partial charge on any atom is -0.474 e. The van der Waals surface area contributed by atoms with Crippen molar-refractivity contribution < 1.29 is 14.3 Å². The van der Waals surface area contributed by atoms with Crippen molar-refractivity contribution in [3.05, 3.63) is 23.9 Å². The van der Waals surface area contributed by atoms with Gasteiger partial charge in [-0.05, 0) is 44.1 Å². The number of rotatable bonds is 6. The summed E-state index contributed by atoms with van der Waals surface area (Å²) in [5, 5.41) is 2.97. The molecule has 3 aliphatic rings. The lowest BCUT2D eigenvalue weighted by Gasteiger charge is -2.23. The molecule has 3 fully saturated rings. The molecule has 1 N–H and O–H groups in total. The Morgan fingerprint density at radius 3 is 2.59 bits per heavy atom. The first-order valence-electron chi connectivity index (χ1n) is 10.4. The van der Waals surface area contributed by atoms with Crippen LogP contribution in [-0.4, -0.2) is 40.4 Å². The highest BCUT2D eigenvalue weighted by Gasteiger charge is 2.38. The minimum absolute atomic E-state index is 0.0323. The number of amides is 2. The fraction of sp³-hybridized carbons (Fsp3) is 0.667. The molecule has 6 heteroatoms. The van der Waals surface area contributed by atoms with Crippen LogP contribution >= 0.6 is 0 Å². The number of ether oxygens (including phenoxy) is 1. The molecule has 2 heterocycles. The second-order valence-electron chi connectivity index (χ2n) is 8.13. The molecule has 0 bridgehead atoms. The van der Waals surface area contributed by atoms with E-state index in [1.165, 1.54) is 25.7 Å². The summed E-state index contributed by atoms with van der Waals surface area (Å²) < 4.78 is 5.87. The van der Waals surface area contributed by atoms with E-state index < -0.39 is 0 Å². The van der Waals surface area contributed by atoms with Crippen molar-refractivity contribution in [3.8, 4) is 5.88 Å². The lowest BCUT2D eigenvalue weighted by atomic mass is 10.1. The molecule has 1 aromatic heterocycles. The van der Waals surface area contributed by atoms with E-state index in [1.54, 1.807) is 6.20 Å². The smallest absolute Gasteiger partial charge is 0.225 e. The van der Waals surface area contributed by atoms with Crippen molar-refractivity contribution in [2.24, 2.45) is 5.92 Å². The van der Waals surface area contributed by atoms with Gasteiger partial charge in [0, 0.05) is 37.8 Å². The van der Waals surface area contributed by atoms with E-state index in [4.69, 9.17) is 4.74 Å². The topological polar surface area (TPSA) is 71.5 Å². The summed E-state index contributed by atoms with van der Waals surface area (Å²) >= 11 is 0. The minimum atomic E-state index is -0.226. The first-order chi connectivity index (χ1) is 13.2. The number of aromatic nitrogens is 1. The zero-order valence-electron chi connectivity index (χ0n) is 15.9. The van der Waals surface area contributed by atoms with Crippen LogP contribution in [0, 0.1) is 5.92 Å². The molecular weight excluding hydrogens is 342 g/mol. The van der Waals surface area contributed by atoms with E-state index in [-0.39, 0.29) is 17.7 Å². The molecule has 0 spiro atoms. The van der Waals surface area contributed by atoms with E-state index in [9.17, 15) is 9.59 Å². The number of hydrogen-bond donors (Lipinski definition) is 1. The second kappa shape index (κ2) is 8.28. The van der Waals surface area contributed by atoms with E-state index >= 15 is 0 Å². The molecule has 146 valence electrons. The van der Waals surface area contributed by atoms with Crippen LogP contribution in [0.2, 0.25) is 0 Å². The van der Waals surface area contributed by atoms with Crippen LogP contribution in [0.1, 0.15) is 63.4 Å². The molecule has 1 aliphatic heterocycles. The Kier molecular flexibility index (Phi) is 5.60. The Bertz CT molecular complexity index is 664. The monoisotopic (exact) mass is 371 g/mol. The van der Waals surface area contributed by atoms with Gasteiger partial charge in [-0.3, -0.25) is 9.59 Å². The van der Waals surface area contributed by atoms with Crippen molar-refractivity contribution in [1.82, 2.24) is 15.2 Å². The summed E-state index contributed by atoms with van der Waals surface area (Å²) in [5.74, 6) is 0.536. The summed E-state index contributed by atoms with van der Waals surface area (Å²) in [5.41, 5.74) is 0.944. The standard InChI is InChI=1S/C21H29N3O3/c25-20-11-16(14-24(20)17-5-1-2-6-17)21(26)23-13-15-9-10-19(22-12-15)27-18-7-3-4-8-18/h9-10,12,16-18H,1-8,11,13-14H2,(H,23,26). The molecular formula is C21H29N3O3. The number of carbonyl (C=O) groups is 2. The van der Waals surface area contributed by atoms with Gasteiger partial charge in [-0.25, -0.2) is 4.98 Å². The van der Waals surface area contributed by atoms with Crippen LogP contribution in [0.5, 0.6) is 5.88 Å². The third kappa shape index (κ3) is 4.42. The Morgan fingerprint density at radius 1 is 1.15 bits per heavy atom. The lowest BCUT2D eigenvalue weighted by Crippen LogP contribution is -2.36. The highest BCUT2D eigenvalue weighted by molar-refractivity contribution is 5.89. The van der Waals surface area contributed by atoms with Crippen molar-refractivity contribution in [2.45, 2.75) is 76.5 Å². The summed E-state index contributed by atoms with van der Waals surface area (Å²) in [6.45, 7) is 1.01. The van der Waals surface area contributed by atoms with Gasteiger partial charge >= 0.3 is 0 Å². The zero-order chi connectivity index (χ0) is 18.6. The maximum atomic E-state index is 12.5. The maximum absolute atomic E-state index is 12.5. The third-order valence-electron chi connectivity index (χ3n) is 6.15. The predicted octanol–water partition coefficient (Wildman–Crippen LogP) is 2.81. The van der Waals surface area contributed by atoms with E-state index in [2.05, 4.69) is 10.3 Å². The second-order valence-corrected chi connectivity index (χ2v) is 8.13. The largest absolute Gasteiger partial charge is 0.474 e. The molecule has 0 radical (unpaired) electrons. The van der Waals surface area contributed by atoms with Crippen molar-refractivity contribution in [1.29, 1.82) is 0 Å². The predicted molar refractivity (Wildman–Crippen MR) is 101 cm³/mol. The normalized spacial score (nSPS) is 23.9. The first kappa shape index (κ1) is 18.3. The van der Waals surface area contributed by atoms with Gasteiger partial charge < -0.3 is 15.0 Å². The van der Waals surface area contributed by atoms with Gasteiger partial charge in [0.15, 0.2) is 0 Å². The van der Waals surface area contributed by atoms with Crippen LogP contribution in [0.4, 0.5) is 0 Å². The average Bonchev–Trinajstić information content (AvgIpc) is 3.42. The Morgan fingerprint density at radius 2 is 1.89 bits per heavy atom. The molecule has 1 aromatic rings. The van der Waals surface area contributed by atoms with Crippen LogP contribution < -0.4 is 10.1 Å². The van der Waals surface area contributed by atoms with E-state index in [0.717, 1.165) is 31.2 Å². The van der Waals surface area contributed by atoms with Crippen molar-refractivity contribution in [3.63, 3.8) is 0 Å². The number of carbonyl (C=O) groups excluding carboxylic acids is 2. The van der Waals surface area contributed by atoms with Crippen LogP contribution in [0.3, 0.4) is 0 Å². The van der Waals surface area contributed by atoms with Crippen molar-refractivity contribution >= 4 is 11.8 Å². The summed E-state index contributed by atoms with van der Waals surface area (Å²) in [6.07, 6.45) is 11.6. The number of likely N-dealkylation sites (tertiary alicyclic amines) is 1. The molecule has 2 aliphatic carbocycles. The molecule has 1 unspecified atom stereocenters. The molecule has 4 rings (SSSR count). The molecule has 2 saturated carbocycles.